The highest BCUT2D eigenvalue weighted by atomic mass is 35.5. The number of anilines is 2. The summed E-state index contributed by atoms with van der Waals surface area (Å²) in [6.45, 7) is 0.614. The summed E-state index contributed by atoms with van der Waals surface area (Å²) in [5, 5.41) is 7.47. The Labute approximate surface area is 219 Å². The molecular weight excluding hydrogens is 505 g/mol. The van der Waals surface area contributed by atoms with Gasteiger partial charge in [-0.2, -0.15) is 0 Å². The van der Waals surface area contributed by atoms with Crippen LogP contribution in [0, 0.1) is 0 Å². The molecule has 0 bridgehead atoms. The summed E-state index contributed by atoms with van der Waals surface area (Å²) in [5.74, 6) is -0.550. The number of halogens is 3. The topological polar surface area (TPSA) is 61.4 Å². The summed E-state index contributed by atoms with van der Waals surface area (Å²) in [5.41, 5.74) is 3.21. The van der Waals surface area contributed by atoms with Crippen LogP contribution in [-0.2, 0) is 0 Å². The maximum Gasteiger partial charge on any atom is 0.259 e. The Morgan fingerprint density at radius 2 is 1.60 bits per heavy atom. The number of rotatable bonds is 5. The van der Waals surface area contributed by atoms with Gasteiger partial charge in [0.05, 0.1) is 21.2 Å². The highest BCUT2D eigenvalue weighted by Gasteiger charge is 2.31. The van der Waals surface area contributed by atoms with Crippen molar-refractivity contribution >= 4 is 58.0 Å². The number of fused-ring (bicyclic) bond motifs is 1. The Morgan fingerprint density at radius 3 is 2.34 bits per heavy atom. The number of amides is 2. The lowest BCUT2D eigenvalue weighted by atomic mass is 10.0. The van der Waals surface area contributed by atoms with E-state index in [1.807, 2.05) is 23.1 Å². The zero-order valence-electron chi connectivity index (χ0n) is 18.9. The van der Waals surface area contributed by atoms with Gasteiger partial charge >= 0.3 is 0 Å². The van der Waals surface area contributed by atoms with Gasteiger partial charge in [-0.05, 0) is 73.7 Å². The van der Waals surface area contributed by atoms with Crippen molar-refractivity contribution in [1.82, 2.24) is 5.32 Å². The molecule has 0 saturated heterocycles. The molecule has 1 aliphatic carbocycles. The van der Waals surface area contributed by atoms with Crippen LogP contribution in [0.25, 0.3) is 0 Å². The molecule has 0 aromatic heterocycles. The molecule has 2 N–H and O–H groups in total. The minimum atomic E-state index is -0.391. The van der Waals surface area contributed by atoms with E-state index < -0.39 is 5.91 Å². The van der Waals surface area contributed by atoms with E-state index in [1.54, 1.807) is 30.3 Å². The molecule has 8 heteroatoms. The molecule has 5 nitrogen and oxygen atoms in total. The summed E-state index contributed by atoms with van der Waals surface area (Å²) in [6.07, 6.45) is 4.29. The lowest BCUT2D eigenvalue weighted by molar-refractivity contribution is 0.0986. The monoisotopic (exact) mass is 527 g/mol. The third-order valence-corrected chi connectivity index (χ3v) is 7.23. The van der Waals surface area contributed by atoms with Crippen molar-refractivity contribution in [3.05, 3.63) is 92.4 Å². The molecule has 1 unspecified atom stereocenters. The maximum absolute atomic E-state index is 13.6. The lowest BCUT2D eigenvalue weighted by Crippen LogP contribution is -2.32. The molecule has 0 radical (unpaired) electrons. The molecule has 0 spiro atoms. The van der Waals surface area contributed by atoms with Gasteiger partial charge in [-0.15, -0.1) is 0 Å². The molecule has 1 saturated carbocycles. The number of carbonyl (C=O) groups excluding carboxylic acids is 2. The quantitative estimate of drug-likeness (QED) is 0.370. The zero-order valence-corrected chi connectivity index (χ0v) is 21.1. The Bertz CT molecular complexity index is 1290. The fourth-order valence-electron chi connectivity index (χ4n) is 4.46. The molecule has 3 aromatic carbocycles. The Kier molecular flexibility index (Phi) is 7.03. The highest BCUT2D eigenvalue weighted by Crippen LogP contribution is 2.37. The molecule has 1 fully saturated rings. The van der Waals surface area contributed by atoms with Crippen molar-refractivity contribution in [2.45, 2.75) is 37.8 Å². The van der Waals surface area contributed by atoms with E-state index in [1.165, 1.54) is 18.9 Å². The van der Waals surface area contributed by atoms with Crippen LogP contribution in [0.1, 0.15) is 58.0 Å². The minimum absolute atomic E-state index is 0.159. The second kappa shape index (κ2) is 10.2. The Balaban J connectivity index is 1.37. The van der Waals surface area contributed by atoms with E-state index in [-0.39, 0.29) is 22.0 Å². The SMILES string of the molecule is O=C(Nc1ccc(C(=O)N2CCCC(NC3CC3)c3ccccc32)c(Cl)c1)c1ccc(Cl)cc1Cl. The lowest BCUT2D eigenvalue weighted by Gasteiger charge is -2.25. The van der Waals surface area contributed by atoms with E-state index in [9.17, 15) is 9.59 Å². The van der Waals surface area contributed by atoms with Crippen LogP contribution in [0.15, 0.2) is 60.7 Å². The predicted octanol–water partition coefficient (Wildman–Crippen LogP) is 7.13. The zero-order chi connectivity index (χ0) is 24.5. The van der Waals surface area contributed by atoms with Crippen molar-refractivity contribution in [2.24, 2.45) is 0 Å². The van der Waals surface area contributed by atoms with Crippen LogP contribution in [0.3, 0.4) is 0 Å². The van der Waals surface area contributed by atoms with Crippen LogP contribution in [0.5, 0.6) is 0 Å². The van der Waals surface area contributed by atoms with Crippen LogP contribution >= 0.6 is 34.8 Å². The summed E-state index contributed by atoms with van der Waals surface area (Å²) in [4.78, 5) is 28.1. The standard InChI is InChI=1S/C27H24Cl3N3O2/c28-16-7-11-19(22(29)14-16)26(34)32-18-10-12-20(23(30)15-18)27(35)33-13-3-5-24(31-17-8-9-17)21-4-1-2-6-25(21)33/h1-2,4,6-7,10-12,14-15,17,24,31H,3,5,8-9,13H2,(H,32,34). The van der Waals surface area contributed by atoms with Crippen molar-refractivity contribution in [1.29, 1.82) is 0 Å². The van der Waals surface area contributed by atoms with Crippen LogP contribution in [0.4, 0.5) is 11.4 Å². The Morgan fingerprint density at radius 1 is 0.857 bits per heavy atom. The summed E-state index contributed by atoms with van der Waals surface area (Å²) in [7, 11) is 0. The number of benzene rings is 3. The molecule has 2 aliphatic rings. The van der Waals surface area contributed by atoms with Gasteiger partial charge in [-0.25, -0.2) is 0 Å². The first kappa shape index (κ1) is 24.1. The third-order valence-electron chi connectivity index (χ3n) is 6.37. The molecule has 1 heterocycles. The Hall–Kier alpha value is -2.57. The number of hydrogen-bond acceptors (Lipinski definition) is 3. The summed E-state index contributed by atoms with van der Waals surface area (Å²) < 4.78 is 0. The molecule has 180 valence electrons. The molecule has 1 atom stereocenters. The molecule has 35 heavy (non-hydrogen) atoms. The number of carbonyl (C=O) groups is 2. The third kappa shape index (κ3) is 5.34. The molecule has 5 rings (SSSR count). The van der Waals surface area contributed by atoms with E-state index in [2.05, 4.69) is 16.7 Å². The van der Waals surface area contributed by atoms with Crippen LogP contribution in [-0.4, -0.2) is 24.4 Å². The fourth-order valence-corrected chi connectivity index (χ4v) is 5.22. The van der Waals surface area contributed by atoms with Crippen LogP contribution in [0.2, 0.25) is 15.1 Å². The van der Waals surface area contributed by atoms with Gasteiger partial charge in [0.15, 0.2) is 0 Å². The molecule has 3 aromatic rings. The molecule has 1 aliphatic heterocycles. The first-order valence-corrected chi connectivity index (χ1v) is 12.8. The van der Waals surface area contributed by atoms with Gasteiger partial charge in [-0.1, -0.05) is 53.0 Å². The summed E-state index contributed by atoms with van der Waals surface area (Å²) in [6, 6.07) is 18.5. The van der Waals surface area contributed by atoms with Crippen molar-refractivity contribution in [3.8, 4) is 0 Å². The largest absolute Gasteiger partial charge is 0.322 e. The van der Waals surface area contributed by atoms with Gasteiger partial charge in [0, 0.05) is 35.0 Å². The highest BCUT2D eigenvalue weighted by molar-refractivity contribution is 6.37. The predicted molar refractivity (Wildman–Crippen MR) is 142 cm³/mol. The number of para-hydroxylation sites is 1. The molecular formula is C27H24Cl3N3O2. The van der Waals surface area contributed by atoms with Crippen molar-refractivity contribution < 1.29 is 9.59 Å². The number of nitrogens with one attached hydrogen (secondary N) is 2. The normalized spacial score (nSPS) is 17.5. The van der Waals surface area contributed by atoms with E-state index in [0.717, 1.165) is 24.1 Å². The minimum Gasteiger partial charge on any atom is -0.322 e. The molecule has 2 amide bonds. The van der Waals surface area contributed by atoms with Gasteiger partial charge < -0.3 is 15.5 Å². The van der Waals surface area contributed by atoms with Crippen molar-refractivity contribution in [2.75, 3.05) is 16.8 Å². The van der Waals surface area contributed by atoms with Gasteiger partial charge in [0.2, 0.25) is 0 Å². The fraction of sp³-hybridized carbons (Fsp3) is 0.259. The first-order valence-electron chi connectivity index (χ1n) is 11.6. The maximum atomic E-state index is 13.6. The van der Waals surface area contributed by atoms with E-state index in [4.69, 9.17) is 34.8 Å². The van der Waals surface area contributed by atoms with E-state index in [0.29, 0.717) is 34.4 Å². The number of hydrogen-bond donors (Lipinski definition) is 2. The summed E-state index contributed by atoms with van der Waals surface area (Å²) >= 11 is 18.6. The van der Waals surface area contributed by atoms with Gasteiger partial charge in [0.1, 0.15) is 0 Å². The number of nitrogens with zero attached hydrogens (tertiary/aromatic N) is 1. The first-order chi connectivity index (χ1) is 16.9. The average Bonchev–Trinajstić information content (AvgIpc) is 3.66. The second-order valence-electron chi connectivity index (χ2n) is 8.92. The van der Waals surface area contributed by atoms with Crippen LogP contribution < -0.4 is 15.5 Å². The average molecular weight is 529 g/mol. The van der Waals surface area contributed by atoms with Gasteiger partial charge in [-0.3, -0.25) is 9.59 Å². The smallest absolute Gasteiger partial charge is 0.259 e. The second-order valence-corrected chi connectivity index (χ2v) is 10.2. The van der Waals surface area contributed by atoms with Gasteiger partial charge in [0.25, 0.3) is 11.8 Å². The van der Waals surface area contributed by atoms with E-state index >= 15 is 0 Å². The van der Waals surface area contributed by atoms with Crippen molar-refractivity contribution in [3.63, 3.8) is 0 Å².